The first-order valence-corrected chi connectivity index (χ1v) is 6.50. The number of hydrogen-bond acceptors (Lipinski definition) is 3. The Morgan fingerprint density at radius 3 is 2.75 bits per heavy atom. The van der Waals surface area contributed by atoms with Crippen molar-refractivity contribution in [2.24, 2.45) is 0 Å². The number of rotatable bonds is 3. The van der Waals surface area contributed by atoms with Crippen LogP contribution < -0.4 is 10.1 Å². The van der Waals surface area contributed by atoms with E-state index in [1.807, 2.05) is 13.8 Å². The zero-order valence-electron chi connectivity index (χ0n) is 11.5. The number of nitrogens with one attached hydrogen (secondary N) is 1. The molecule has 1 aromatic rings. The van der Waals surface area contributed by atoms with E-state index in [4.69, 9.17) is 4.74 Å². The van der Waals surface area contributed by atoms with Crippen molar-refractivity contribution in [1.82, 2.24) is 0 Å². The van der Waals surface area contributed by atoms with E-state index in [0.717, 1.165) is 12.8 Å². The number of hydrogen-bond donors (Lipinski definition) is 1. The summed E-state index contributed by atoms with van der Waals surface area (Å²) in [5.74, 6) is -0.214. The SMILES string of the molecule is CC1(C)CC(Nc2cccc(OC(F)(F)F)c2)CCO1. The van der Waals surface area contributed by atoms with Crippen molar-refractivity contribution in [2.75, 3.05) is 11.9 Å². The van der Waals surface area contributed by atoms with E-state index in [0.29, 0.717) is 12.3 Å². The minimum atomic E-state index is -4.67. The van der Waals surface area contributed by atoms with Gasteiger partial charge in [0.15, 0.2) is 0 Å². The molecule has 112 valence electrons. The Morgan fingerprint density at radius 1 is 1.35 bits per heavy atom. The number of alkyl halides is 3. The van der Waals surface area contributed by atoms with Crippen LogP contribution in [0.5, 0.6) is 5.75 Å². The zero-order valence-corrected chi connectivity index (χ0v) is 11.5. The topological polar surface area (TPSA) is 30.5 Å². The first-order chi connectivity index (χ1) is 9.23. The lowest BCUT2D eigenvalue weighted by atomic mass is 9.94. The van der Waals surface area contributed by atoms with Gasteiger partial charge in [0.05, 0.1) is 5.60 Å². The molecule has 0 saturated carbocycles. The summed E-state index contributed by atoms with van der Waals surface area (Å²) in [7, 11) is 0. The fourth-order valence-electron chi connectivity index (χ4n) is 2.37. The Hall–Kier alpha value is -1.43. The molecule has 1 heterocycles. The summed E-state index contributed by atoms with van der Waals surface area (Å²) in [6.07, 6.45) is -3.04. The van der Waals surface area contributed by atoms with Crippen LogP contribution in [-0.2, 0) is 4.74 Å². The average Bonchev–Trinajstić information content (AvgIpc) is 2.25. The first kappa shape index (κ1) is 15.0. The molecule has 6 heteroatoms. The van der Waals surface area contributed by atoms with Crippen LogP contribution in [0.4, 0.5) is 18.9 Å². The third-order valence-corrected chi connectivity index (χ3v) is 3.14. The van der Waals surface area contributed by atoms with Gasteiger partial charge in [-0.05, 0) is 38.8 Å². The van der Waals surface area contributed by atoms with Gasteiger partial charge in [-0.15, -0.1) is 13.2 Å². The second-order valence-corrected chi connectivity index (χ2v) is 5.52. The fraction of sp³-hybridized carbons (Fsp3) is 0.571. The first-order valence-electron chi connectivity index (χ1n) is 6.50. The molecule has 0 spiro atoms. The van der Waals surface area contributed by atoms with Crippen molar-refractivity contribution in [1.29, 1.82) is 0 Å². The van der Waals surface area contributed by atoms with Crippen LogP contribution in [0, 0.1) is 0 Å². The summed E-state index contributed by atoms with van der Waals surface area (Å²) in [6, 6.07) is 6.09. The second-order valence-electron chi connectivity index (χ2n) is 5.52. The Balaban J connectivity index is 2.01. The minimum Gasteiger partial charge on any atom is -0.406 e. The van der Waals surface area contributed by atoms with Crippen molar-refractivity contribution >= 4 is 5.69 Å². The van der Waals surface area contributed by atoms with Crippen molar-refractivity contribution in [3.63, 3.8) is 0 Å². The van der Waals surface area contributed by atoms with E-state index in [2.05, 4.69) is 10.1 Å². The van der Waals surface area contributed by atoms with E-state index < -0.39 is 6.36 Å². The Bertz CT molecular complexity index is 460. The van der Waals surface area contributed by atoms with Crippen LogP contribution in [0.15, 0.2) is 24.3 Å². The number of benzene rings is 1. The minimum absolute atomic E-state index is 0.180. The maximum Gasteiger partial charge on any atom is 0.573 e. The Morgan fingerprint density at radius 2 is 2.10 bits per heavy atom. The molecule has 0 bridgehead atoms. The van der Waals surface area contributed by atoms with E-state index in [1.165, 1.54) is 18.2 Å². The molecule has 1 atom stereocenters. The predicted molar refractivity (Wildman–Crippen MR) is 69.8 cm³/mol. The lowest BCUT2D eigenvalue weighted by molar-refractivity contribution is -0.274. The second kappa shape index (κ2) is 5.52. The molecular formula is C14H18F3NO2. The van der Waals surface area contributed by atoms with Crippen molar-refractivity contribution in [3.05, 3.63) is 24.3 Å². The third-order valence-electron chi connectivity index (χ3n) is 3.14. The summed E-state index contributed by atoms with van der Waals surface area (Å²) in [5, 5.41) is 3.24. The zero-order chi connectivity index (χ0) is 14.8. The molecule has 1 saturated heterocycles. The lowest BCUT2D eigenvalue weighted by Crippen LogP contribution is -2.40. The van der Waals surface area contributed by atoms with Crippen LogP contribution in [0.25, 0.3) is 0 Å². The van der Waals surface area contributed by atoms with Gasteiger partial charge in [0.2, 0.25) is 0 Å². The molecule has 0 aliphatic carbocycles. The van der Waals surface area contributed by atoms with E-state index in [9.17, 15) is 13.2 Å². The van der Waals surface area contributed by atoms with Crippen LogP contribution in [0.1, 0.15) is 26.7 Å². The smallest absolute Gasteiger partial charge is 0.406 e. The molecule has 0 amide bonds. The van der Waals surface area contributed by atoms with Crippen LogP contribution in [-0.4, -0.2) is 24.6 Å². The summed E-state index contributed by atoms with van der Waals surface area (Å²) < 4.78 is 46.0. The molecule has 1 aromatic carbocycles. The quantitative estimate of drug-likeness (QED) is 0.913. The molecule has 1 N–H and O–H groups in total. The summed E-state index contributed by atoms with van der Waals surface area (Å²) in [6.45, 7) is 4.65. The normalized spacial score (nSPS) is 22.4. The Labute approximate surface area is 116 Å². The van der Waals surface area contributed by atoms with Crippen LogP contribution in [0.3, 0.4) is 0 Å². The molecule has 0 radical (unpaired) electrons. The van der Waals surface area contributed by atoms with Gasteiger partial charge >= 0.3 is 6.36 Å². The number of halogens is 3. The van der Waals surface area contributed by atoms with Crippen molar-refractivity contribution in [3.8, 4) is 5.75 Å². The highest BCUT2D eigenvalue weighted by molar-refractivity contribution is 5.49. The largest absolute Gasteiger partial charge is 0.573 e. The van der Waals surface area contributed by atoms with Gasteiger partial charge in [-0.2, -0.15) is 0 Å². The van der Waals surface area contributed by atoms with Gasteiger partial charge in [-0.1, -0.05) is 6.07 Å². The highest BCUT2D eigenvalue weighted by atomic mass is 19.4. The molecular weight excluding hydrogens is 271 g/mol. The lowest BCUT2D eigenvalue weighted by Gasteiger charge is -2.36. The van der Waals surface area contributed by atoms with Gasteiger partial charge in [0, 0.05) is 24.4 Å². The standard InChI is InChI=1S/C14H18F3NO2/c1-13(2)9-11(6-7-19-13)18-10-4-3-5-12(8-10)20-14(15,16)17/h3-5,8,11,18H,6-7,9H2,1-2H3. The Kier molecular flexibility index (Phi) is 4.13. The molecule has 1 fully saturated rings. The average molecular weight is 289 g/mol. The molecule has 1 unspecified atom stereocenters. The monoisotopic (exact) mass is 289 g/mol. The molecule has 2 rings (SSSR count). The van der Waals surface area contributed by atoms with Gasteiger partial charge in [0.1, 0.15) is 5.75 Å². The summed E-state index contributed by atoms with van der Waals surface area (Å²) in [4.78, 5) is 0. The summed E-state index contributed by atoms with van der Waals surface area (Å²) >= 11 is 0. The van der Waals surface area contributed by atoms with Gasteiger partial charge in [0.25, 0.3) is 0 Å². The van der Waals surface area contributed by atoms with Crippen molar-refractivity contribution < 1.29 is 22.6 Å². The van der Waals surface area contributed by atoms with E-state index >= 15 is 0 Å². The van der Waals surface area contributed by atoms with Crippen LogP contribution in [0.2, 0.25) is 0 Å². The van der Waals surface area contributed by atoms with Crippen LogP contribution >= 0.6 is 0 Å². The predicted octanol–water partition coefficient (Wildman–Crippen LogP) is 3.95. The van der Waals surface area contributed by atoms with Gasteiger partial charge in [-0.3, -0.25) is 0 Å². The van der Waals surface area contributed by atoms with E-state index in [1.54, 1.807) is 6.07 Å². The summed E-state index contributed by atoms with van der Waals surface area (Å²) in [5.41, 5.74) is 0.408. The maximum atomic E-state index is 12.2. The molecule has 1 aliphatic heterocycles. The van der Waals surface area contributed by atoms with E-state index in [-0.39, 0.29) is 17.4 Å². The van der Waals surface area contributed by atoms with Gasteiger partial charge in [-0.25, -0.2) is 0 Å². The highest BCUT2D eigenvalue weighted by Crippen LogP contribution is 2.29. The van der Waals surface area contributed by atoms with Crippen molar-refractivity contribution in [2.45, 2.75) is 44.7 Å². The molecule has 20 heavy (non-hydrogen) atoms. The van der Waals surface area contributed by atoms with Gasteiger partial charge < -0.3 is 14.8 Å². The molecule has 0 aromatic heterocycles. The molecule has 1 aliphatic rings. The highest BCUT2D eigenvalue weighted by Gasteiger charge is 2.31. The maximum absolute atomic E-state index is 12.2. The fourth-order valence-corrected chi connectivity index (χ4v) is 2.37. The number of anilines is 1. The molecule has 3 nitrogen and oxygen atoms in total. The third kappa shape index (κ3) is 4.59. The number of ether oxygens (including phenoxy) is 2.